The summed E-state index contributed by atoms with van der Waals surface area (Å²) in [6, 6.07) is 0. The first-order valence-electron chi connectivity index (χ1n) is 7.78. The van der Waals surface area contributed by atoms with Gasteiger partial charge in [0.2, 0.25) is 0 Å². The van der Waals surface area contributed by atoms with Gasteiger partial charge in [-0.1, -0.05) is 45.4 Å². The van der Waals surface area contributed by atoms with E-state index in [1.54, 1.807) is 38.5 Å². The summed E-state index contributed by atoms with van der Waals surface area (Å²) in [4.78, 5) is 0. The summed E-state index contributed by atoms with van der Waals surface area (Å²) < 4.78 is 0. The summed E-state index contributed by atoms with van der Waals surface area (Å²) >= 11 is 0. The van der Waals surface area contributed by atoms with Crippen LogP contribution in [0.3, 0.4) is 0 Å². The quantitative estimate of drug-likeness (QED) is 0.571. The molecule has 0 aliphatic heterocycles. The molecule has 3 aliphatic carbocycles. The van der Waals surface area contributed by atoms with Crippen molar-refractivity contribution in [3.8, 4) is 0 Å². The highest BCUT2D eigenvalue weighted by Crippen LogP contribution is 2.53. The molecule has 3 saturated carbocycles. The van der Waals surface area contributed by atoms with Gasteiger partial charge in [0.25, 0.3) is 0 Å². The summed E-state index contributed by atoms with van der Waals surface area (Å²) in [6.45, 7) is 2.62. The Balaban J connectivity index is 1.66. The lowest BCUT2D eigenvalue weighted by atomic mass is 9.60. The second kappa shape index (κ2) is 4.35. The average Bonchev–Trinajstić information content (AvgIpc) is 2.77. The molecular weight excluding hydrogens is 192 g/mol. The first-order chi connectivity index (χ1) is 7.78. The van der Waals surface area contributed by atoms with Crippen LogP contribution in [0.15, 0.2) is 0 Å². The smallest absolute Gasteiger partial charge is 0.0297 e. The lowest BCUT2D eigenvalue weighted by Gasteiger charge is -2.45. The summed E-state index contributed by atoms with van der Waals surface area (Å²) in [5, 5.41) is 0. The third-order valence-electron chi connectivity index (χ3n) is 6.27. The molecule has 0 heterocycles. The molecule has 0 spiro atoms. The van der Waals surface area contributed by atoms with Crippen molar-refractivity contribution in [3.05, 3.63) is 0 Å². The van der Waals surface area contributed by atoms with Gasteiger partial charge in [0.1, 0.15) is 0 Å². The van der Waals surface area contributed by atoms with Crippen molar-refractivity contribution in [1.29, 1.82) is 0 Å². The molecule has 3 unspecified atom stereocenters. The monoisotopic (exact) mass is 220 g/mol. The molecular formula is C16H28. The highest BCUT2D eigenvalue weighted by molar-refractivity contribution is 4.92. The number of hydrogen-bond donors (Lipinski definition) is 0. The summed E-state index contributed by atoms with van der Waals surface area (Å²) in [7, 11) is 0. The van der Waals surface area contributed by atoms with Crippen LogP contribution < -0.4 is 0 Å². The van der Waals surface area contributed by atoms with Crippen LogP contribution in [0.25, 0.3) is 0 Å². The van der Waals surface area contributed by atoms with Crippen molar-refractivity contribution in [3.63, 3.8) is 0 Å². The third kappa shape index (κ3) is 1.93. The van der Waals surface area contributed by atoms with E-state index < -0.39 is 0 Å². The Kier molecular flexibility index (Phi) is 3.02. The second-order valence-corrected chi connectivity index (χ2v) is 7.18. The molecule has 0 aromatic heterocycles. The van der Waals surface area contributed by atoms with E-state index in [0.717, 1.165) is 23.2 Å². The maximum absolute atomic E-state index is 2.62. The van der Waals surface area contributed by atoms with E-state index in [2.05, 4.69) is 6.92 Å². The standard InChI is InChI=1S/C16H28/c1-16(10-3-2-4-11-16)15-9-8-13-6-5-7-14(13)12-15/h13-15H,2-12H2,1H3. The van der Waals surface area contributed by atoms with Gasteiger partial charge in [-0.2, -0.15) is 0 Å². The van der Waals surface area contributed by atoms with E-state index in [9.17, 15) is 0 Å². The Bertz CT molecular complexity index is 236. The highest BCUT2D eigenvalue weighted by atomic mass is 14.5. The van der Waals surface area contributed by atoms with Crippen molar-refractivity contribution in [2.24, 2.45) is 23.2 Å². The number of rotatable bonds is 1. The van der Waals surface area contributed by atoms with Crippen LogP contribution in [-0.4, -0.2) is 0 Å². The Labute approximate surface area is 101 Å². The lowest BCUT2D eigenvalue weighted by Crippen LogP contribution is -2.35. The predicted octanol–water partition coefficient (Wildman–Crippen LogP) is 5.17. The van der Waals surface area contributed by atoms with Crippen molar-refractivity contribution >= 4 is 0 Å². The molecule has 0 aromatic carbocycles. The zero-order valence-corrected chi connectivity index (χ0v) is 11.0. The highest BCUT2D eigenvalue weighted by Gasteiger charge is 2.41. The molecule has 92 valence electrons. The largest absolute Gasteiger partial charge is 0.0594 e. The van der Waals surface area contributed by atoms with E-state index in [4.69, 9.17) is 0 Å². The van der Waals surface area contributed by atoms with Gasteiger partial charge < -0.3 is 0 Å². The molecule has 3 atom stereocenters. The third-order valence-corrected chi connectivity index (χ3v) is 6.27. The zero-order chi connectivity index (χ0) is 11.0. The van der Waals surface area contributed by atoms with Crippen molar-refractivity contribution in [1.82, 2.24) is 0 Å². The second-order valence-electron chi connectivity index (χ2n) is 7.18. The van der Waals surface area contributed by atoms with E-state index in [1.165, 1.54) is 32.1 Å². The van der Waals surface area contributed by atoms with Gasteiger partial charge in [-0.3, -0.25) is 0 Å². The molecule has 0 aromatic rings. The fraction of sp³-hybridized carbons (Fsp3) is 1.00. The molecule has 3 rings (SSSR count). The molecule has 0 saturated heterocycles. The van der Waals surface area contributed by atoms with Crippen LogP contribution in [0.2, 0.25) is 0 Å². The SMILES string of the molecule is CC1(C2CCC3CCCC3C2)CCCCC1. The Morgan fingerprint density at radius 3 is 2.31 bits per heavy atom. The fourth-order valence-electron chi connectivity index (χ4n) is 5.10. The Morgan fingerprint density at radius 2 is 1.50 bits per heavy atom. The summed E-state index contributed by atoms with van der Waals surface area (Å²) in [5.74, 6) is 3.37. The van der Waals surface area contributed by atoms with Crippen molar-refractivity contribution in [2.45, 2.75) is 77.6 Å². The van der Waals surface area contributed by atoms with Gasteiger partial charge in [0.15, 0.2) is 0 Å². The topological polar surface area (TPSA) is 0 Å². The fourth-order valence-corrected chi connectivity index (χ4v) is 5.10. The van der Waals surface area contributed by atoms with E-state index in [0.29, 0.717) is 0 Å². The van der Waals surface area contributed by atoms with Crippen molar-refractivity contribution in [2.75, 3.05) is 0 Å². The molecule has 3 fully saturated rings. The van der Waals surface area contributed by atoms with Gasteiger partial charge in [-0.25, -0.2) is 0 Å². The molecule has 0 N–H and O–H groups in total. The minimum Gasteiger partial charge on any atom is -0.0594 e. The van der Waals surface area contributed by atoms with Gasteiger partial charge >= 0.3 is 0 Å². The number of hydrogen-bond acceptors (Lipinski definition) is 0. The predicted molar refractivity (Wildman–Crippen MR) is 69.4 cm³/mol. The summed E-state index contributed by atoms with van der Waals surface area (Å²) in [6.07, 6.45) is 17.0. The molecule has 0 heteroatoms. The van der Waals surface area contributed by atoms with Crippen LogP contribution in [0.4, 0.5) is 0 Å². The Morgan fingerprint density at radius 1 is 0.750 bits per heavy atom. The number of fused-ring (bicyclic) bond motifs is 1. The molecule has 0 bridgehead atoms. The minimum atomic E-state index is 0.742. The lowest BCUT2D eigenvalue weighted by molar-refractivity contribution is 0.0528. The first-order valence-corrected chi connectivity index (χ1v) is 7.78. The van der Waals surface area contributed by atoms with Crippen LogP contribution in [0.5, 0.6) is 0 Å². The minimum absolute atomic E-state index is 0.742. The zero-order valence-electron chi connectivity index (χ0n) is 11.0. The van der Waals surface area contributed by atoms with Gasteiger partial charge in [-0.05, 0) is 55.3 Å². The maximum Gasteiger partial charge on any atom is -0.0297 e. The Hall–Kier alpha value is 0. The van der Waals surface area contributed by atoms with Crippen LogP contribution in [0, 0.1) is 23.2 Å². The van der Waals surface area contributed by atoms with Crippen molar-refractivity contribution < 1.29 is 0 Å². The summed E-state index contributed by atoms with van der Waals surface area (Å²) in [5.41, 5.74) is 0.742. The normalized spacial score (nSPS) is 42.9. The molecule has 16 heavy (non-hydrogen) atoms. The van der Waals surface area contributed by atoms with Crippen LogP contribution >= 0.6 is 0 Å². The van der Waals surface area contributed by atoms with Gasteiger partial charge in [0.05, 0.1) is 0 Å². The van der Waals surface area contributed by atoms with Crippen LogP contribution in [0.1, 0.15) is 77.6 Å². The molecule has 0 nitrogen and oxygen atoms in total. The maximum atomic E-state index is 2.62. The van der Waals surface area contributed by atoms with Gasteiger partial charge in [0, 0.05) is 0 Å². The van der Waals surface area contributed by atoms with Gasteiger partial charge in [-0.15, -0.1) is 0 Å². The molecule has 3 aliphatic rings. The molecule has 0 radical (unpaired) electrons. The molecule has 0 amide bonds. The van der Waals surface area contributed by atoms with E-state index >= 15 is 0 Å². The average molecular weight is 220 g/mol. The van der Waals surface area contributed by atoms with Crippen LogP contribution in [-0.2, 0) is 0 Å². The first kappa shape index (κ1) is 11.1. The van der Waals surface area contributed by atoms with E-state index in [1.807, 2.05) is 0 Å². The van der Waals surface area contributed by atoms with E-state index in [-0.39, 0.29) is 0 Å².